The third kappa shape index (κ3) is 2.32. The molecule has 2 heterocycles. The average Bonchev–Trinajstić information content (AvgIpc) is 2.71. The van der Waals surface area contributed by atoms with E-state index < -0.39 is 5.97 Å². The second-order valence-electron chi connectivity index (χ2n) is 4.76. The zero-order valence-corrected chi connectivity index (χ0v) is 9.35. The summed E-state index contributed by atoms with van der Waals surface area (Å²) in [7, 11) is 1.92. The number of hydrogen-bond donors (Lipinski definition) is 1. The summed E-state index contributed by atoms with van der Waals surface area (Å²) in [5, 5.41) is 9.11. The lowest BCUT2D eigenvalue weighted by atomic mass is 9.96. The van der Waals surface area contributed by atoms with Crippen LogP contribution in [0.15, 0.2) is 0 Å². The number of aliphatic carboxylic acids is 1. The summed E-state index contributed by atoms with van der Waals surface area (Å²) in [5.41, 5.74) is 0. The maximum absolute atomic E-state index is 11.1. The van der Waals surface area contributed by atoms with E-state index in [-0.39, 0.29) is 6.04 Å². The predicted molar refractivity (Wildman–Crippen MR) is 57.9 cm³/mol. The third-order valence-electron chi connectivity index (χ3n) is 3.78. The van der Waals surface area contributed by atoms with Crippen LogP contribution in [0.4, 0.5) is 0 Å². The van der Waals surface area contributed by atoms with Crippen LogP contribution < -0.4 is 0 Å². The molecule has 0 radical (unpaired) electrons. The van der Waals surface area contributed by atoms with Crippen LogP contribution >= 0.6 is 0 Å². The van der Waals surface area contributed by atoms with Crippen molar-refractivity contribution in [3.63, 3.8) is 0 Å². The molecule has 1 N–H and O–H groups in total. The molecular weight excluding hydrogens is 192 g/mol. The van der Waals surface area contributed by atoms with E-state index in [1.807, 2.05) is 11.9 Å². The van der Waals surface area contributed by atoms with Crippen LogP contribution in [0.3, 0.4) is 0 Å². The van der Waals surface area contributed by atoms with E-state index in [0.29, 0.717) is 6.04 Å². The fourth-order valence-corrected chi connectivity index (χ4v) is 2.79. The van der Waals surface area contributed by atoms with Gasteiger partial charge in [-0.15, -0.1) is 0 Å². The molecule has 2 unspecified atom stereocenters. The van der Waals surface area contributed by atoms with Gasteiger partial charge in [0.25, 0.3) is 0 Å². The normalized spacial score (nSPS) is 34.5. The van der Waals surface area contributed by atoms with Gasteiger partial charge in [-0.2, -0.15) is 0 Å². The Morgan fingerprint density at radius 2 is 1.93 bits per heavy atom. The third-order valence-corrected chi connectivity index (χ3v) is 3.78. The minimum Gasteiger partial charge on any atom is -0.480 e. The number of hydrogen-bond acceptors (Lipinski definition) is 3. The maximum atomic E-state index is 11.1. The number of carbonyl (C=O) groups is 1. The van der Waals surface area contributed by atoms with E-state index in [0.717, 1.165) is 19.4 Å². The molecule has 0 bridgehead atoms. The van der Waals surface area contributed by atoms with Gasteiger partial charge in [-0.25, -0.2) is 0 Å². The fourth-order valence-electron chi connectivity index (χ4n) is 2.79. The molecule has 0 aromatic carbocycles. The molecule has 0 amide bonds. The first-order valence-electron chi connectivity index (χ1n) is 5.85. The van der Waals surface area contributed by atoms with Crippen LogP contribution in [0.5, 0.6) is 0 Å². The van der Waals surface area contributed by atoms with Crippen LogP contribution in [0.2, 0.25) is 0 Å². The van der Waals surface area contributed by atoms with E-state index in [9.17, 15) is 4.79 Å². The zero-order chi connectivity index (χ0) is 10.8. The zero-order valence-electron chi connectivity index (χ0n) is 9.35. The molecule has 0 saturated carbocycles. The topological polar surface area (TPSA) is 43.8 Å². The van der Waals surface area contributed by atoms with Crippen molar-refractivity contribution in [2.75, 3.05) is 26.7 Å². The highest BCUT2D eigenvalue weighted by molar-refractivity contribution is 5.73. The Bertz CT molecular complexity index is 239. The number of likely N-dealkylation sites (tertiary alicyclic amines) is 2. The fraction of sp³-hybridized carbons (Fsp3) is 0.909. The number of nitrogens with zero attached hydrogens (tertiary/aromatic N) is 2. The lowest BCUT2D eigenvalue weighted by molar-refractivity contribution is -0.144. The Kier molecular flexibility index (Phi) is 3.26. The summed E-state index contributed by atoms with van der Waals surface area (Å²) < 4.78 is 0. The first kappa shape index (κ1) is 10.9. The molecule has 2 fully saturated rings. The Morgan fingerprint density at radius 1 is 1.27 bits per heavy atom. The second-order valence-corrected chi connectivity index (χ2v) is 4.76. The van der Waals surface area contributed by atoms with Crippen molar-refractivity contribution in [3.05, 3.63) is 0 Å². The lowest BCUT2D eigenvalue weighted by Gasteiger charge is -2.38. The molecule has 0 aliphatic carbocycles. The minimum absolute atomic E-state index is 0.274. The monoisotopic (exact) mass is 212 g/mol. The summed E-state index contributed by atoms with van der Waals surface area (Å²) in [6.45, 7) is 3.25. The Labute approximate surface area is 90.9 Å². The highest BCUT2D eigenvalue weighted by atomic mass is 16.4. The van der Waals surface area contributed by atoms with Gasteiger partial charge >= 0.3 is 5.97 Å². The molecule has 2 rings (SSSR count). The van der Waals surface area contributed by atoms with Crippen molar-refractivity contribution in [1.29, 1.82) is 0 Å². The molecule has 0 aromatic rings. The van der Waals surface area contributed by atoms with Crippen molar-refractivity contribution in [3.8, 4) is 0 Å². The van der Waals surface area contributed by atoms with Gasteiger partial charge in [0.05, 0.1) is 0 Å². The van der Waals surface area contributed by atoms with Crippen LogP contribution in [0, 0.1) is 0 Å². The van der Waals surface area contributed by atoms with Gasteiger partial charge in [0.15, 0.2) is 0 Å². The van der Waals surface area contributed by atoms with Gasteiger partial charge < -0.3 is 10.0 Å². The van der Waals surface area contributed by atoms with E-state index in [4.69, 9.17) is 5.11 Å². The Balaban J connectivity index is 1.95. The standard InChI is InChI=1S/C11H20N2O2/c1-12-7-4-9(8-10(12)11(14)15)13-5-2-3-6-13/h9-10H,2-8H2,1H3,(H,14,15). The average molecular weight is 212 g/mol. The quantitative estimate of drug-likeness (QED) is 0.729. The van der Waals surface area contributed by atoms with Crippen LogP contribution in [-0.4, -0.2) is 59.6 Å². The van der Waals surface area contributed by atoms with Gasteiger partial charge in [0.1, 0.15) is 6.04 Å². The molecular formula is C11H20N2O2. The van der Waals surface area contributed by atoms with Gasteiger partial charge in [0.2, 0.25) is 0 Å². The first-order valence-corrected chi connectivity index (χ1v) is 5.85. The smallest absolute Gasteiger partial charge is 0.320 e. The molecule has 15 heavy (non-hydrogen) atoms. The predicted octanol–water partition coefficient (Wildman–Crippen LogP) is 0.630. The van der Waals surface area contributed by atoms with Crippen molar-refractivity contribution >= 4 is 5.97 Å². The summed E-state index contributed by atoms with van der Waals surface area (Å²) >= 11 is 0. The summed E-state index contributed by atoms with van der Waals surface area (Å²) in [6.07, 6.45) is 4.49. The highest BCUT2D eigenvalue weighted by Gasteiger charge is 2.34. The molecule has 2 aliphatic rings. The van der Waals surface area contributed by atoms with Crippen molar-refractivity contribution in [1.82, 2.24) is 9.80 Å². The van der Waals surface area contributed by atoms with Gasteiger partial charge in [-0.05, 0) is 45.8 Å². The van der Waals surface area contributed by atoms with Gasteiger partial charge in [0, 0.05) is 12.6 Å². The summed E-state index contributed by atoms with van der Waals surface area (Å²) in [4.78, 5) is 15.5. The largest absolute Gasteiger partial charge is 0.480 e. The van der Waals surface area contributed by atoms with Crippen LogP contribution in [-0.2, 0) is 4.79 Å². The number of carboxylic acids is 1. The molecule has 0 spiro atoms. The summed E-state index contributed by atoms with van der Waals surface area (Å²) in [5.74, 6) is -0.665. The number of carboxylic acid groups (broad SMARTS) is 1. The van der Waals surface area contributed by atoms with Crippen molar-refractivity contribution < 1.29 is 9.90 Å². The highest BCUT2D eigenvalue weighted by Crippen LogP contribution is 2.24. The molecule has 2 saturated heterocycles. The molecule has 2 atom stereocenters. The molecule has 86 valence electrons. The lowest BCUT2D eigenvalue weighted by Crippen LogP contribution is -2.50. The molecule has 0 aromatic heterocycles. The minimum atomic E-state index is -0.665. The summed E-state index contributed by atoms with van der Waals surface area (Å²) in [6, 6.07) is 0.231. The van der Waals surface area contributed by atoms with Gasteiger partial charge in [-0.1, -0.05) is 0 Å². The van der Waals surface area contributed by atoms with Crippen LogP contribution in [0.25, 0.3) is 0 Å². The van der Waals surface area contributed by atoms with Gasteiger partial charge in [-0.3, -0.25) is 9.69 Å². The Morgan fingerprint density at radius 3 is 2.53 bits per heavy atom. The van der Waals surface area contributed by atoms with E-state index in [1.165, 1.54) is 25.9 Å². The van der Waals surface area contributed by atoms with Crippen molar-refractivity contribution in [2.45, 2.75) is 37.8 Å². The maximum Gasteiger partial charge on any atom is 0.320 e. The number of likely N-dealkylation sites (N-methyl/N-ethyl adjacent to an activating group) is 1. The second kappa shape index (κ2) is 4.49. The first-order chi connectivity index (χ1) is 7.18. The SMILES string of the molecule is CN1CCC(N2CCCC2)CC1C(=O)O. The van der Waals surface area contributed by atoms with Crippen LogP contribution in [0.1, 0.15) is 25.7 Å². The molecule has 4 nitrogen and oxygen atoms in total. The van der Waals surface area contributed by atoms with Crippen molar-refractivity contribution in [2.24, 2.45) is 0 Å². The van der Waals surface area contributed by atoms with E-state index in [2.05, 4.69) is 4.90 Å². The number of piperidine rings is 1. The molecule has 4 heteroatoms. The number of rotatable bonds is 2. The van der Waals surface area contributed by atoms with E-state index >= 15 is 0 Å². The Hall–Kier alpha value is -0.610. The van der Waals surface area contributed by atoms with E-state index in [1.54, 1.807) is 0 Å². The molecule has 2 aliphatic heterocycles.